The van der Waals surface area contributed by atoms with Crippen LogP contribution in [0.5, 0.6) is 5.75 Å². The number of sulfone groups is 1. The van der Waals surface area contributed by atoms with Crippen molar-refractivity contribution in [3.05, 3.63) is 78.1 Å². The zero-order valence-corrected chi connectivity index (χ0v) is 17.9. The van der Waals surface area contributed by atoms with Gasteiger partial charge in [0.2, 0.25) is 19.9 Å². The SMILES string of the molecule is O=S(=O)(NCCc1cccnc1)c1cc(S(=O)(=O)c2ccc(O)cc2)ccc1C(F)(F)F. The van der Waals surface area contributed by atoms with Gasteiger partial charge in [-0.15, -0.1) is 0 Å². The third-order valence-corrected chi connectivity index (χ3v) is 7.70. The normalized spacial score (nSPS) is 12.6. The molecule has 0 unspecified atom stereocenters. The smallest absolute Gasteiger partial charge is 0.417 e. The van der Waals surface area contributed by atoms with E-state index in [2.05, 4.69) is 9.71 Å². The second kappa shape index (κ2) is 8.88. The number of sulfonamides is 1. The molecule has 0 saturated carbocycles. The number of rotatable bonds is 7. The fraction of sp³-hybridized carbons (Fsp3) is 0.150. The molecule has 12 heteroatoms. The van der Waals surface area contributed by atoms with Crippen LogP contribution >= 0.6 is 0 Å². The maximum atomic E-state index is 13.5. The average Bonchev–Trinajstić information content (AvgIpc) is 2.73. The van der Waals surface area contributed by atoms with Gasteiger partial charge in [0, 0.05) is 18.9 Å². The van der Waals surface area contributed by atoms with Crippen molar-refractivity contribution in [2.24, 2.45) is 0 Å². The fourth-order valence-corrected chi connectivity index (χ4v) is 5.48. The van der Waals surface area contributed by atoms with E-state index in [9.17, 15) is 35.1 Å². The van der Waals surface area contributed by atoms with Crippen molar-refractivity contribution in [3.63, 3.8) is 0 Å². The molecule has 32 heavy (non-hydrogen) atoms. The summed E-state index contributed by atoms with van der Waals surface area (Å²) in [4.78, 5) is 1.72. The van der Waals surface area contributed by atoms with Gasteiger partial charge in [-0.1, -0.05) is 6.07 Å². The van der Waals surface area contributed by atoms with Crippen LogP contribution in [-0.4, -0.2) is 33.5 Å². The molecule has 0 fully saturated rings. The highest BCUT2D eigenvalue weighted by atomic mass is 32.2. The Morgan fingerprint density at radius 1 is 0.938 bits per heavy atom. The summed E-state index contributed by atoms with van der Waals surface area (Å²) in [7, 11) is -9.05. The monoisotopic (exact) mass is 486 g/mol. The van der Waals surface area contributed by atoms with Gasteiger partial charge in [-0.25, -0.2) is 21.6 Å². The summed E-state index contributed by atoms with van der Waals surface area (Å²) in [5.41, 5.74) is -0.828. The molecule has 0 amide bonds. The molecule has 2 N–H and O–H groups in total. The van der Waals surface area contributed by atoms with E-state index in [1.54, 1.807) is 12.1 Å². The molecule has 0 aliphatic carbocycles. The molecule has 0 radical (unpaired) electrons. The van der Waals surface area contributed by atoms with Crippen molar-refractivity contribution >= 4 is 19.9 Å². The van der Waals surface area contributed by atoms with E-state index in [1.165, 1.54) is 12.4 Å². The van der Waals surface area contributed by atoms with Crippen LogP contribution in [0.4, 0.5) is 13.2 Å². The van der Waals surface area contributed by atoms with Crippen LogP contribution in [0.1, 0.15) is 11.1 Å². The van der Waals surface area contributed by atoms with Crippen molar-refractivity contribution in [2.75, 3.05) is 6.54 Å². The molecule has 0 spiro atoms. The number of halogens is 3. The highest BCUT2D eigenvalue weighted by molar-refractivity contribution is 7.91. The molecular formula is C20H17F3N2O5S2. The molecule has 170 valence electrons. The maximum Gasteiger partial charge on any atom is 0.417 e. The molecule has 3 aromatic rings. The van der Waals surface area contributed by atoms with E-state index in [0.29, 0.717) is 23.8 Å². The Kier molecular flexibility index (Phi) is 6.58. The van der Waals surface area contributed by atoms with E-state index >= 15 is 0 Å². The molecule has 7 nitrogen and oxygen atoms in total. The van der Waals surface area contributed by atoms with Crippen molar-refractivity contribution in [2.45, 2.75) is 27.3 Å². The van der Waals surface area contributed by atoms with Crippen molar-refractivity contribution in [1.29, 1.82) is 0 Å². The number of aromatic hydroxyl groups is 1. The van der Waals surface area contributed by atoms with E-state index in [-0.39, 0.29) is 23.6 Å². The fourth-order valence-electron chi connectivity index (χ4n) is 2.84. The van der Waals surface area contributed by atoms with Crippen LogP contribution in [-0.2, 0) is 32.5 Å². The Morgan fingerprint density at radius 3 is 2.19 bits per heavy atom. The van der Waals surface area contributed by atoms with Crippen molar-refractivity contribution < 1.29 is 35.1 Å². The van der Waals surface area contributed by atoms with Gasteiger partial charge in [0.25, 0.3) is 0 Å². The Balaban J connectivity index is 1.99. The highest BCUT2D eigenvalue weighted by Gasteiger charge is 2.38. The first kappa shape index (κ1) is 23.7. The number of pyridine rings is 1. The molecule has 1 aromatic heterocycles. The lowest BCUT2D eigenvalue weighted by molar-refractivity contribution is -0.139. The molecule has 1 heterocycles. The van der Waals surface area contributed by atoms with Gasteiger partial charge in [-0.2, -0.15) is 13.2 Å². The minimum atomic E-state index is -5.03. The van der Waals surface area contributed by atoms with Crippen molar-refractivity contribution in [3.8, 4) is 5.75 Å². The van der Waals surface area contributed by atoms with Gasteiger partial charge in [0.05, 0.1) is 20.2 Å². The van der Waals surface area contributed by atoms with Gasteiger partial charge < -0.3 is 5.11 Å². The minimum absolute atomic E-state index is 0.167. The van der Waals surface area contributed by atoms with Gasteiger partial charge in [0.15, 0.2) is 0 Å². The number of phenolic OH excluding ortho intramolecular Hbond substituents is 1. The maximum absolute atomic E-state index is 13.5. The second-order valence-corrected chi connectivity index (χ2v) is 10.3. The summed E-state index contributed by atoms with van der Waals surface area (Å²) < 4.78 is 93.5. The number of nitrogens with zero attached hydrogens (tertiary/aromatic N) is 1. The summed E-state index contributed by atoms with van der Waals surface area (Å²) in [5, 5.41) is 9.32. The third kappa shape index (κ3) is 5.26. The topological polar surface area (TPSA) is 113 Å². The second-order valence-electron chi connectivity index (χ2n) is 6.66. The van der Waals surface area contributed by atoms with Crippen LogP contribution in [0.25, 0.3) is 0 Å². The summed E-state index contributed by atoms with van der Waals surface area (Å²) in [6.07, 6.45) is -1.86. The lowest BCUT2D eigenvalue weighted by Crippen LogP contribution is -2.28. The van der Waals surface area contributed by atoms with E-state index < -0.39 is 41.4 Å². The average molecular weight is 486 g/mol. The molecule has 0 bridgehead atoms. The van der Waals surface area contributed by atoms with Gasteiger partial charge in [0.1, 0.15) is 5.75 Å². The first-order valence-corrected chi connectivity index (χ1v) is 12.0. The first-order chi connectivity index (χ1) is 14.9. The van der Waals surface area contributed by atoms with Crippen molar-refractivity contribution in [1.82, 2.24) is 9.71 Å². The lowest BCUT2D eigenvalue weighted by Gasteiger charge is -2.16. The zero-order chi connectivity index (χ0) is 23.6. The Labute approximate surface area is 182 Å². The molecule has 3 rings (SSSR count). The van der Waals surface area contributed by atoms with Crippen LogP contribution in [0.15, 0.2) is 81.7 Å². The van der Waals surface area contributed by atoms with E-state index in [4.69, 9.17) is 0 Å². The molecule has 0 aliphatic rings. The first-order valence-electron chi connectivity index (χ1n) is 9.05. The summed E-state index contributed by atoms with van der Waals surface area (Å²) in [5.74, 6) is -0.211. The number of hydrogen-bond acceptors (Lipinski definition) is 6. The number of aromatic nitrogens is 1. The minimum Gasteiger partial charge on any atom is -0.508 e. The Hall–Kier alpha value is -2.96. The number of alkyl halides is 3. The van der Waals surface area contributed by atoms with Gasteiger partial charge >= 0.3 is 6.18 Å². The predicted molar refractivity (Wildman–Crippen MR) is 108 cm³/mol. The quantitative estimate of drug-likeness (QED) is 0.531. The van der Waals surface area contributed by atoms with E-state index in [1.807, 2.05) is 0 Å². The summed E-state index contributed by atoms with van der Waals surface area (Å²) >= 11 is 0. The number of nitrogens with one attached hydrogen (secondary N) is 1. The van der Waals surface area contributed by atoms with Crippen LogP contribution in [0.2, 0.25) is 0 Å². The Bertz CT molecular complexity index is 1310. The number of phenols is 1. The van der Waals surface area contributed by atoms with Crippen LogP contribution in [0, 0.1) is 0 Å². The summed E-state index contributed by atoms with van der Waals surface area (Å²) in [6.45, 7) is -0.222. The third-order valence-electron chi connectivity index (χ3n) is 4.43. The molecular weight excluding hydrogens is 469 g/mol. The molecule has 2 aromatic carbocycles. The Morgan fingerprint density at radius 2 is 1.59 bits per heavy atom. The van der Waals surface area contributed by atoms with Crippen LogP contribution in [0.3, 0.4) is 0 Å². The van der Waals surface area contributed by atoms with E-state index in [0.717, 1.165) is 24.3 Å². The molecule has 0 atom stereocenters. The van der Waals surface area contributed by atoms with Gasteiger partial charge in [-0.05, 0) is 60.5 Å². The molecule has 0 aliphatic heterocycles. The zero-order valence-electron chi connectivity index (χ0n) is 16.2. The standard InChI is InChI=1S/C20H17F3N2O5S2/c21-20(22,23)18-8-7-17(31(27,28)16-5-3-15(26)4-6-16)12-19(18)32(29,30)25-11-9-14-2-1-10-24-13-14/h1-8,10,12-13,25-26H,9,11H2. The molecule has 0 saturated heterocycles. The van der Waals surface area contributed by atoms with Crippen LogP contribution < -0.4 is 4.72 Å². The highest BCUT2D eigenvalue weighted by Crippen LogP contribution is 2.36. The number of hydrogen-bond donors (Lipinski definition) is 2. The van der Waals surface area contributed by atoms with Gasteiger partial charge in [-0.3, -0.25) is 4.98 Å². The lowest BCUT2D eigenvalue weighted by atomic mass is 10.2. The number of benzene rings is 2. The predicted octanol–water partition coefficient (Wildman–Crippen LogP) is 3.16. The summed E-state index contributed by atoms with van der Waals surface area (Å²) in [6, 6.07) is 9.20. The largest absolute Gasteiger partial charge is 0.508 e.